The Balaban J connectivity index is 1.54. The van der Waals surface area contributed by atoms with Crippen LogP contribution in [0.25, 0.3) is 0 Å². The Labute approximate surface area is 214 Å². The maximum Gasteiger partial charge on any atom is 0.357 e. The zero-order valence-corrected chi connectivity index (χ0v) is 21.0. The molecule has 1 heterocycles. The molecule has 37 heavy (non-hydrogen) atoms. The Morgan fingerprint density at radius 2 is 1.59 bits per heavy atom. The summed E-state index contributed by atoms with van der Waals surface area (Å²) in [6.45, 7) is 3.89. The molecule has 3 aromatic rings. The third-order valence-electron chi connectivity index (χ3n) is 5.38. The molecule has 2 aromatic carbocycles. The van der Waals surface area contributed by atoms with Crippen molar-refractivity contribution in [1.29, 1.82) is 0 Å². The van der Waals surface area contributed by atoms with E-state index in [0.717, 1.165) is 11.8 Å². The average molecular weight is 528 g/mol. The van der Waals surface area contributed by atoms with Gasteiger partial charge in [-0.1, -0.05) is 19.1 Å². The summed E-state index contributed by atoms with van der Waals surface area (Å²) in [5, 5.41) is 2.71. The molecule has 11 heteroatoms. The number of pyridine rings is 1. The highest BCUT2D eigenvalue weighted by molar-refractivity contribution is 7.90. The lowest BCUT2D eigenvalue weighted by Gasteiger charge is -2.11. The topological polar surface area (TPSA) is 132 Å². The van der Waals surface area contributed by atoms with Crippen LogP contribution in [0.1, 0.15) is 57.0 Å². The molecule has 9 nitrogen and oxygen atoms in total. The normalized spacial score (nSPS) is 11.9. The van der Waals surface area contributed by atoms with Gasteiger partial charge in [0, 0.05) is 18.3 Å². The molecule has 0 radical (unpaired) electrons. The van der Waals surface area contributed by atoms with Crippen LogP contribution in [0.2, 0.25) is 0 Å². The van der Waals surface area contributed by atoms with Gasteiger partial charge in [0.25, 0.3) is 21.8 Å². The molecular weight excluding hydrogens is 501 g/mol. The van der Waals surface area contributed by atoms with Crippen molar-refractivity contribution < 1.29 is 31.9 Å². The van der Waals surface area contributed by atoms with E-state index in [1.54, 1.807) is 19.1 Å². The Morgan fingerprint density at radius 3 is 2.19 bits per heavy atom. The van der Waals surface area contributed by atoms with Crippen LogP contribution in [-0.4, -0.2) is 43.8 Å². The van der Waals surface area contributed by atoms with E-state index in [2.05, 4.69) is 10.3 Å². The standard InChI is InChI=1S/C26H26FN3O6S/c1-3-17(2)36-26(33)23-13-8-20(16-29-23)25(32)30-37(34,35)22-11-4-18(5-12-22)14-15-28-24(31)19-6-9-21(27)10-7-19/h4-13,16-17H,3,14-15H2,1-2H3,(H,28,31)(H,30,32)/t17-/m0/s1. The fourth-order valence-corrected chi connectivity index (χ4v) is 4.05. The van der Waals surface area contributed by atoms with E-state index in [1.165, 1.54) is 48.5 Å². The smallest absolute Gasteiger partial charge is 0.357 e. The first-order chi connectivity index (χ1) is 17.6. The first kappa shape index (κ1) is 27.5. The average Bonchev–Trinajstić information content (AvgIpc) is 2.89. The molecule has 1 atom stereocenters. The van der Waals surface area contributed by atoms with Crippen LogP contribution in [0.3, 0.4) is 0 Å². The Bertz CT molecular complexity index is 1360. The van der Waals surface area contributed by atoms with Gasteiger partial charge < -0.3 is 10.1 Å². The van der Waals surface area contributed by atoms with Crippen molar-refractivity contribution >= 4 is 27.8 Å². The molecule has 0 aliphatic carbocycles. The predicted molar refractivity (Wildman–Crippen MR) is 133 cm³/mol. The van der Waals surface area contributed by atoms with Crippen LogP contribution in [0.5, 0.6) is 0 Å². The number of nitrogens with one attached hydrogen (secondary N) is 2. The number of hydrogen-bond acceptors (Lipinski definition) is 7. The van der Waals surface area contributed by atoms with Crippen molar-refractivity contribution in [2.75, 3.05) is 6.54 Å². The Morgan fingerprint density at radius 1 is 0.946 bits per heavy atom. The van der Waals surface area contributed by atoms with Crippen molar-refractivity contribution in [2.24, 2.45) is 0 Å². The molecule has 1 aromatic heterocycles. The van der Waals surface area contributed by atoms with Crippen molar-refractivity contribution in [3.05, 3.63) is 95.1 Å². The van der Waals surface area contributed by atoms with Crippen LogP contribution in [0.15, 0.2) is 71.8 Å². The van der Waals surface area contributed by atoms with Crippen molar-refractivity contribution in [3.8, 4) is 0 Å². The van der Waals surface area contributed by atoms with Gasteiger partial charge in [0.1, 0.15) is 11.5 Å². The van der Waals surface area contributed by atoms with Gasteiger partial charge in [-0.05, 0) is 73.9 Å². The summed E-state index contributed by atoms with van der Waals surface area (Å²) in [4.78, 5) is 40.3. The van der Waals surface area contributed by atoms with Gasteiger partial charge in [-0.15, -0.1) is 0 Å². The van der Waals surface area contributed by atoms with Gasteiger partial charge in [-0.3, -0.25) is 9.59 Å². The van der Waals surface area contributed by atoms with Crippen LogP contribution < -0.4 is 10.0 Å². The summed E-state index contributed by atoms with van der Waals surface area (Å²) in [6, 6.07) is 13.6. The first-order valence-electron chi connectivity index (χ1n) is 11.5. The number of amides is 2. The number of halogens is 1. The quantitative estimate of drug-likeness (QED) is 0.387. The molecule has 0 bridgehead atoms. The fraction of sp³-hybridized carbons (Fsp3) is 0.231. The van der Waals surface area contributed by atoms with E-state index < -0.39 is 27.7 Å². The summed E-state index contributed by atoms with van der Waals surface area (Å²) in [5.74, 6) is -2.32. The van der Waals surface area contributed by atoms with Crippen LogP contribution >= 0.6 is 0 Å². The highest BCUT2D eigenvalue weighted by Crippen LogP contribution is 2.13. The molecule has 0 spiro atoms. The SMILES string of the molecule is CC[C@H](C)OC(=O)c1ccc(C(=O)NS(=O)(=O)c2ccc(CCNC(=O)c3ccc(F)cc3)cc2)cn1. The second kappa shape index (κ2) is 12.2. The van der Waals surface area contributed by atoms with Crippen LogP contribution in [0.4, 0.5) is 4.39 Å². The lowest BCUT2D eigenvalue weighted by atomic mass is 10.1. The lowest BCUT2D eigenvalue weighted by Crippen LogP contribution is -2.30. The number of sulfonamides is 1. The predicted octanol–water partition coefficient (Wildman–Crippen LogP) is 3.27. The zero-order chi connectivity index (χ0) is 27.0. The Kier molecular flexibility index (Phi) is 9.07. The molecule has 194 valence electrons. The van der Waals surface area contributed by atoms with Gasteiger partial charge in [0.05, 0.1) is 16.6 Å². The number of carbonyl (C=O) groups is 3. The monoisotopic (exact) mass is 527 g/mol. The van der Waals surface area contributed by atoms with Gasteiger partial charge >= 0.3 is 5.97 Å². The number of esters is 1. The van der Waals surface area contributed by atoms with Crippen molar-refractivity contribution in [3.63, 3.8) is 0 Å². The minimum absolute atomic E-state index is 0.00384. The number of hydrogen-bond donors (Lipinski definition) is 2. The van der Waals surface area contributed by atoms with Crippen molar-refractivity contribution in [1.82, 2.24) is 15.0 Å². The molecule has 0 saturated carbocycles. The summed E-state index contributed by atoms with van der Waals surface area (Å²) >= 11 is 0. The van der Waals surface area contributed by atoms with Crippen LogP contribution in [-0.2, 0) is 21.2 Å². The minimum Gasteiger partial charge on any atom is -0.458 e. The van der Waals surface area contributed by atoms with Gasteiger partial charge in [0.2, 0.25) is 0 Å². The third kappa shape index (κ3) is 7.68. The highest BCUT2D eigenvalue weighted by Gasteiger charge is 2.20. The number of carbonyl (C=O) groups excluding carboxylic acids is 3. The van der Waals surface area contributed by atoms with Crippen LogP contribution in [0, 0.1) is 5.82 Å². The van der Waals surface area contributed by atoms with Gasteiger partial charge in [-0.2, -0.15) is 0 Å². The summed E-state index contributed by atoms with van der Waals surface area (Å²) in [7, 11) is -4.16. The molecule has 0 aliphatic heterocycles. The lowest BCUT2D eigenvalue weighted by molar-refractivity contribution is 0.0327. The maximum absolute atomic E-state index is 13.0. The zero-order valence-electron chi connectivity index (χ0n) is 20.2. The number of rotatable bonds is 10. The second-order valence-corrected chi connectivity index (χ2v) is 9.83. The number of nitrogens with zero attached hydrogens (tertiary/aromatic N) is 1. The van der Waals surface area contributed by atoms with Gasteiger partial charge in [0.15, 0.2) is 0 Å². The van der Waals surface area contributed by atoms with E-state index in [0.29, 0.717) is 18.4 Å². The summed E-state index contributed by atoms with van der Waals surface area (Å²) in [5.41, 5.74) is 1.05. The number of ether oxygens (including phenoxy) is 1. The number of aromatic nitrogens is 1. The molecule has 0 unspecified atom stereocenters. The van der Waals surface area contributed by atoms with Crippen molar-refractivity contribution in [2.45, 2.75) is 37.7 Å². The second-order valence-electron chi connectivity index (χ2n) is 8.15. The van der Waals surface area contributed by atoms with E-state index in [9.17, 15) is 27.2 Å². The summed E-state index contributed by atoms with van der Waals surface area (Å²) < 4.78 is 45.4. The Hall–Kier alpha value is -4.12. The molecule has 2 amide bonds. The highest BCUT2D eigenvalue weighted by atomic mass is 32.2. The third-order valence-corrected chi connectivity index (χ3v) is 6.73. The van der Waals surface area contributed by atoms with E-state index in [1.807, 2.05) is 11.6 Å². The molecule has 2 N–H and O–H groups in total. The fourth-order valence-electron chi connectivity index (χ4n) is 3.07. The molecule has 0 saturated heterocycles. The minimum atomic E-state index is -4.16. The van der Waals surface area contributed by atoms with Gasteiger partial charge in [-0.25, -0.2) is 27.3 Å². The molecule has 3 rings (SSSR count). The molecule has 0 aliphatic rings. The number of benzene rings is 2. The van der Waals surface area contributed by atoms with E-state index in [-0.39, 0.29) is 34.7 Å². The maximum atomic E-state index is 13.0. The summed E-state index contributed by atoms with van der Waals surface area (Å²) in [6.07, 6.45) is 1.88. The first-order valence-corrected chi connectivity index (χ1v) is 12.9. The molecule has 0 fully saturated rings. The van der Waals surface area contributed by atoms with E-state index in [4.69, 9.17) is 4.74 Å². The van der Waals surface area contributed by atoms with E-state index >= 15 is 0 Å². The largest absolute Gasteiger partial charge is 0.458 e. The molecular formula is C26H26FN3O6S.